The molecular weight excluding hydrogens is 481 g/mol. The molecule has 2 N–H and O–H groups in total. The van der Waals surface area contributed by atoms with E-state index >= 15 is 0 Å². The van der Waals surface area contributed by atoms with Crippen LogP contribution in [0.5, 0.6) is 0 Å². The van der Waals surface area contributed by atoms with Crippen molar-refractivity contribution in [1.82, 2.24) is 4.72 Å². The number of rotatable bonds is 6. The van der Waals surface area contributed by atoms with E-state index in [1.54, 1.807) is 0 Å². The standard InChI is InChI=1S/C21H20Cl3N3OS2/c22-16-9-8-15-7-6-14-4-1-2-5-17(14)27(18(15)12-16)11-3-10-26-30(25,28)19-13-20(23)29-21(19)24/h1-2,4-5,8-9,12-13H,3,6-7,10-11H2,(H2,25,26,28). The van der Waals surface area contributed by atoms with E-state index in [2.05, 4.69) is 33.9 Å². The van der Waals surface area contributed by atoms with Gasteiger partial charge in [0.25, 0.3) is 0 Å². The Morgan fingerprint density at radius 2 is 1.77 bits per heavy atom. The van der Waals surface area contributed by atoms with Crippen LogP contribution < -0.4 is 9.62 Å². The maximum atomic E-state index is 12.8. The van der Waals surface area contributed by atoms with E-state index in [0.717, 1.165) is 35.6 Å². The minimum absolute atomic E-state index is 0.247. The number of halogens is 3. The van der Waals surface area contributed by atoms with Gasteiger partial charge in [-0.1, -0.05) is 59.1 Å². The van der Waals surface area contributed by atoms with Crippen molar-refractivity contribution in [2.75, 3.05) is 18.0 Å². The maximum Gasteiger partial charge on any atom is 0.137 e. The van der Waals surface area contributed by atoms with Crippen LogP contribution in [-0.2, 0) is 22.8 Å². The Morgan fingerprint density at radius 1 is 1.03 bits per heavy atom. The average Bonchev–Trinajstić information content (AvgIpc) is 2.98. The van der Waals surface area contributed by atoms with Crippen molar-refractivity contribution in [2.45, 2.75) is 24.2 Å². The summed E-state index contributed by atoms with van der Waals surface area (Å²) in [6, 6.07) is 15.9. The van der Waals surface area contributed by atoms with Crippen LogP contribution in [0.15, 0.2) is 53.4 Å². The summed E-state index contributed by atoms with van der Waals surface area (Å²) in [5.41, 5.74) is 4.82. The second-order valence-corrected chi connectivity index (χ2v) is 11.6. The second-order valence-electron chi connectivity index (χ2n) is 7.05. The zero-order valence-electron chi connectivity index (χ0n) is 16.0. The van der Waals surface area contributed by atoms with Crippen LogP contribution in [0.1, 0.15) is 17.5 Å². The molecule has 0 fully saturated rings. The first-order valence-electron chi connectivity index (χ1n) is 9.47. The van der Waals surface area contributed by atoms with Crippen molar-refractivity contribution < 1.29 is 4.21 Å². The molecule has 0 amide bonds. The van der Waals surface area contributed by atoms with E-state index in [1.807, 2.05) is 18.2 Å². The molecule has 0 saturated heterocycles. The molecule has 4 rings (SSSR count). The van der Waals surface area contributed by atoms with Gasteiger partial charge in [0.2, 0.25) is 0 Å². The highest BCUT2D eigenvalue weighted by Gasteiger charge is 2.21. The third-order valence-electron chi connectivity index (χ3n) is 5.08. The summed E-state index contributed by atoms with van der Waals surface area (Å²) in [5.74, 6) is 0. The lowest BCUT2D eigenvalue weighted by molar-refractivity contribution is 0.657. The van der Waals surface area contributed by atoms with Gasteiger partial charge in [-0.05, 0) is 54.7 Å². The number of nitrogens with one attached hydrogen (secondary N) is 2. The van der Waals surface area contributed by atoms with Gasteiger partial charge in [-0.15, -0.1) is 11.3 Å². The molecule has 3 aromatic rings. The zero-order valence-corrected chi connectivity index (χ0v) is 19.9. The quantitative estimate of drug-likeness (QED) is 0.360. The van der Waals surface area contributed by atoms with Crippen LogP contribution in [0, 0.1) is 4.78 Å². The van der Waals surface area contributed by atoms with Gasteiger partial charge in [0.05, 0.1) is 9.23 Å². The molecule has 1 atom stereocenters. The Labute approximate surface area is 195 Å². The molecule has 30 heavy (non-hydrogen) atoms. The predicted octanol–water partition coefficient (Wildman–Crippen LogP) is 6.95. The van der Waals surface area contributed by atoms with Crippen molar-refractivity contribution in [1.29, 1.82) is 4.78 Å². The van der Waals surface area contributed by atoms with E-state index in [0.29, 0.717) is 28.9 Å². The Kier molecular flexibility index (Phi) is 6.63. The number of nitrogens with zero attached hydrogens (tertiary/aromatic N) is 1. The third kappa shape index (κ3) is 4.64. The lowest BCUT2D eigenvalue weighted by Crippen LogP contribution is -2.27. The van der Waals surface area contributed by atoms with Crippen LogP contribution in [0.3, 0.4) is 0 Å². The van der Waals surface area contributed by atoms with Gasteiger partial charge < -0.3 is 4.90 Å². The normalized spacial score (nSPS) is 15.2. The SMILES string of the molecule is N=S(=O)(NCCCN1c2ccccc2CCc2ccc(Cl)cc21)c1cc(Cl)sc1Cl. The van der Waals surface area contributed by atoms with Gasteiger partial charge in [0, 0.05) is 29.5 Å². The number of aryl methyl sites for hydroxylation is 2. The van der Waals surface area contributed by atoms with Crippen LogP contribution in [0.4, 0.5) is 11.4 Å². The number of thiophene rings is 1. The Balaban J connectivity index is 1.52. The van der Waals surface area contributed by atoms with Crippen molar-refractivity contribution in [3.05, 3.63) is 73.4 Å². The molecule has 1 aliphatic rings. The van der Waals surface area contributed by atoms with Crippen molar-refractivity contribution in [2.24, 2.45) is 0 Å². The fraction of sp³-hybridized carbons (Fsp3) is 0.238. The fourth-order valence-electron chi connectivity index (χ4n) is 3.68. The highest BCUT2D eigenvalue weighted by Crippen LogP contribution is 2.37. The van der Waals surface area contributed by atoms with Gasteiger partial charge in [-0.3, -0.25) is 0 Å². The molecule has 158 valence electrons. The molecule has 0 radical (unpaired) electrons. The topological polar surface area (TPSA) is 56.2 Å². The smallest absolute Gasteiger partial charge is 0.137 e. The monoisotopic (exact) mass is 499 g/mol. The molecule has 0 bridgehead atoms. The lowest BCUT2D eigenvalue weighted by atomic mass is 10.0. The Hall–Kier alpha value is -1.28. The van der Waals surface area contributed by atoms with Crippen molar-refractivity contribution in [3.63, 3.8) is 0 Å². The molecule has 1 unspecified atom stereocenters. The number of fused-ring (bicyclic) bond motifs is 2. The zero-order chi connectivity index (χ0) is 21.3. The molecule has 1 aromatic heterocycles. The molecule has 0 spiro atoms. The van der Waals surface area contributed by atoms with Crippen molar-refractivity contribution in [3.8, 4) is 0 Å². The Morgan fingerprint density at radius 3 is 2.50 bits per heavy atom. The van der Waals surface area contributed by atoms with Crippen LogP contribution in [-0.4, -0.2) is 17.3 Å². The van der Waals surface area contributed by atoms with Gasteiger partial charge in [-0.2, -0.15) is 0 Å². The number of benzene rings is 2. The average molecular weight is 501 g/mol. The molecule has 2 heterocycles. The van der Waals surface area contributed by atoms with Gasteiger partial charge >= 0.3 is 0 Å². The van der Waals surface area contributed by atoms with E-state index in [-0.39, 0.29) is 9.23 Å². The molecule has 9 heteroatoms. The van der Waals surface area contributed by atoms with Crippen LogP contribution in [0.2, 0.25) is 13.7 Å². The minimum atomic E-state index is -3.20. The van der Waals surface area contributed by atoms with Crippen LogP contribution in [0.25, 0.3) is 0 Å². The summed E-state index contributed by atoms with van der Waals surface area (Å²) in [6.45, 7) is 1.10. The van der Waals surface area contributed by atoms with Crippen LogP contribution >= 0.6 is 46.1 Å². The summed E-state index contributed by atoms with van der Waals surface area (Å²) in [7, 11) is -3.20. The summed E-state index contributed by atoms with van der Waals surface area (Å²) < 4.78 is 24.5. The molecule has 0 saturated carbocycles. The first-order valence-corrected chi connectivity index (χ1v) is 13.0. The first kappa shape index (κ1) is 21.9. The maximum absolute atomic E-state index is 12.8. The van der Waals surface area contributed by atoms with E-state index in [9.17, 15) is 4.21 Å². The highest BCUT2D eigenvalue weighted by atomic mass is 35.5. The molecule has 1 aliphatic heterocycles. The van der Waals surface area contributed by atoms with Crippen molar-refractivity contribution >= 4 is 67.4 Å². The van der Waals surface area contributed by atoms with Gasteiger partial charge in [-0.25, -0.2) is 13.7 Å². The van der Waals surface area contributed by atoms with Gasteiger partial charge in [0.15, 0.2) is 0 Å². The summed E-state index contributed by atoms with van der Waals surface area (Å²) in [5, 5.41) is 0.703. The number of anilines is 2. The third-order valence-corrected chi connectivity index (χ3v) is 8.60. The summed E-state index contributed by atoms with van der Waals surface area (Å²) in [6.07, 6.45) is 2.61. The number of hydrogen-bond donors (Lipinski definition) is 2. The Bertz CT molecular complexity index is 1180. The lowest BCUT2D eigenvalue weighted by Gasteiger charge is -2.27. The van der Waals surface area contributed by atoms with E-state index in [4.69, 9.17) is 39.6 Å². The minimum Gasteiger partial charge on any atom is -0.341 e. The highest BCUT2D eigenvalue weighted by molar-refractivity contribution is 7.90. The molecule has 4 nitrogen and oxygen atoms in total. The molecular formula is C21H20Cl3N3OS2. The largest absolute Gasteiger partial charge is 0.341 e. The number of hydrogen-bond acceptors (Lipinski definition) is 4. The summed E-state index contributed by atoms with van der Waals surface area (Å²) in [4.78, 5) is 2.52. The number of para-hydroxylation sites is 1. The fourth-order valence-corrected chi connectivity index (χ4v) is 7.15. The predicted molar refractivity (Wildman–Crippen MR) is 128 cm³/mol. The van der Waals surface area contributed by atoms with Gasteiger partial charge in [0.1, 0.15) is 14.3 Å². The molecule has 0 aliphatic carbocycles. The first-order chi connectivity index (χ1) is 14.3. The van der Waals surface area contributed by atoms with E-state index < -0.39 is 9.92 Å². The second kappa shape index (κ2) is 9.07. The van der Waals surface area contributed by atoms with E-state index in [1.165, 1.54) is 17.2 Å². The molecule has 2 aromatic carbocycles. The summed E-state index contributed by atoms with van der Waals surface area (Å²) >= 11 is 19.4.